The summed E-state index contributed by atoms with van der Waals surface area (Å²) in [6, 6.07) is 7.52. The predicted molar refractivity (Wildman–Crippen MR) is 139 cm³/mol. The molecule has 1 aromatic heterocycles. The second-order valence-electron chi connectivity index (χ2n) is 8.35. The number of nitrogens with one attached hydrogen (secondary N) is 1. The molecule has 0 bridgehead atoms. The molecule has 0 radical (unpaired) electrons. The minimum absolute atomic E-state index is 0.235. The van der Waals surface area contributed by atoms with E-state index in [2.05, 4.69) is 15.3 Å². The molecule has 4 unspecified atom stereocenters. The van der Waals surface area contributed by atoms with Crippen LogP contribution in [0.1, 0.15) is 6.92 Å². The number of anilines is 3. The summed E-state index contributed by atoms with van der Waals surface area (Å²) in [6.45, 7) is 1.29. The number of ether oxygens (including phenoxy) is 3. The average Bonchev–Trinajstić information content (AvgIpc) is 3.37. The summed E-state index contributed by atoms with van der Waals surface area (Å²) < 4.78 is 35.1. The number of fused-ring (bicyclic) bond motifs is 2. The summed E-state index contributed by atoms with van der Waals surface area (Å²) in [6.07, 6.45) is -0.588. The van der Waals surface area contributed by atoms with Crippen molar-refractivity contribution in [3.63, 3.8) is 0 Å². The number of rotatable bonds is 7. The summed E-state index contributed by atoms with van der Waals surface area (Å²) in [4.78, 5) is 22.7. The summed E-state index contributed by atoms with van der Waals surface area (Å²) in [5.41, 5.74) is 6.43. The van der Waals surface area contributed by atoms with E-state index in [9.17, 15) is 4.79 Å². The van der Waals surface area contributed by atoms with Crippen molar-refractivity contribution in [1.29, 1.82) is 0 Å². The number of thioether (sulfide) groups is 1. The van der Waals surface area contributed by atoms with E-state index in [1.165, 1.54) is 13.3 Å². The van der Waals surface area contributed by atoms with Crippen molar-refractivity contribution in [2.45, 2.75) is 41.9 Å². The van der Waals surface area contributed by atoms with Crippen molar-refractivity contribution in [3.05, 3.63) is 35.6 Å². The van der Waals surface area contributed by atoms with Crippen LogP contribution in [0.5, 0.6) is 0 Å². The SMILES string of the molecule is B[PH]1(OCOC(C)=O)OCC2OC(N3c4ncnc(N)c4NC3Sc3ccc(Cl)cc3)C(OC)[C@@H]2O1. The third kappa shape index (κ3) is 5.09. The normalized spacial score (nSPS) is 29.2. The molecule has 194 valence electrons. The standard InChI is InChI=1S/C20H26BClN5O7PS/c1-10(28)30-9-32-35(21)31-7-13-15(34-35)16(29-2)19(33-13)27-18-14(17(23)24-8-25-18)26-20(27)36-12-5-3-11(22)4-6-12/h3-6,8,13,15-16,19-20,26,35H,7,9,21H2,1-2H3,(H2,23,24,25)/t13?,15-,16?,19?,20?/m1/s1. The van der Waals surface area contributed by atoms with Crippen LogP contribution in [0, 0.1) is 0 Å². The number of carbonyl (C=O) groups excluding carboxylic acids is 1. The number of aromatic nitrogens is 2. The van der Waals surface area contributed by atoms with Gasteiger partial charge in [0.05, 0.1) is 0 Å². The number of hydrogen-bond donors (Lipinski definition) is 2. The molecule has 12 nitrogen and oxygen atoms in total. The van der Waals surface area contributed by atoms with Gasteiger partial charge in [-0.25, -0.2) is 0 Å². The van der Waals surface area contributed by atoms with Crippen LogP contribution in [0.15, 0.2) is 35.5 Å². The fourth-order valence-corrected chi connectivity index (χ4v) is 7.21. The number of benzene rings is 1. The molecule has 5 rings (SSSR count). The van der Waals surface area contributed by atoms with E-state index in [1.807, 2.05) is 29.2 Å². The van der Waals surface area contributed by atoms with Gasteiger partial charge in [-0.3, -0.25) is 0 Å². The number of carbonyl (C=O) groups is 1. The average molecular weight is 558 g/mol. The van der Waals surface area contributed by atoms with Gasteiger partial charge in [0.1, 0.15) is 0 Å². The summed E-state index contributed by atoms with van der Waals surface area (Å²) in [5.74, 6) is 0.463. The summed E-state index contributed by atoms with van der Waals surface area (Å²) >= 11 is 7.61. The molecule has 4 heterocycles. The van der Waals surface area contributed by atoms with Gasteiger partial charge >= 0.3 is 219 Å². The molecule has 1 aromatic carbocycles. The number of halogens is 1. The molecule has 36 heavy (non-hydrogen) atoms. The van der Waals surface area contributed by atoms with Gasteiger partial charge in [-0.05, 0) is 0 Å². The first kappa shape index (κ1) is 25.7. The maximum atomic E-state index is 11.1. The van der Waals surface area contributed by atoms with Crippen LogP contribution in [-0.2, 0) is 32.6 Å². The Balaban J connectivity index is 1.40. The quantitative estimate of drug-likeness (QED) is 0.221. The van der Waals surface area contributed by atoms with Crippen molar-refractivity contribution in [2.24, 2.45) is 0 Å². The molecule has 16 heteroatoms. The van der Waals surface area contributed by atoms with E-state index in [0.29, 0.717) is 22.3 Å². The Labute approximate surface area is 218 Å². The second-order valence-corrected chi connectivity index (χ2v) is 12.5. The van der Waals surface area contributed by atoms with Gasteiger partial charge in [0, 0.05) is 0 Å². The first-order chi connectivity index (χ1) is 17.3. The van der Waals surface area contributed by atoms with E-state index >= 15 is 0 Å². The summed E-state index contributed by atoms with van der Waals surface area (Å²) in [7, 11) is 0.226. The summed E-state index contributed by atoms with van der Waals surface area (Å²) in [5, 5.41) is 4.06. The van der Waals surface area contributed by atoms with Gasteiger partial charge in [0.25, 0.3) is 0 Å². The molecule has 2 saturated heterocycles. The molecule has 0 spiro atoms. The number of hydrogen-bond acceptors (Lipinski definition) is 13. The molecule has 3 aliphatic rings. The Bertz CT molecular complexity index is 1130. The van der Waals surface area contributed by atoms with Crippen LogP contribution in [0.25, 0.3) is 0 Å². The Kier molecular flexibility index (Phi) is 7.48. The predicted octanol–water partition coefficient (Wildman–Crippen LogP) is 1.76. The Morgan fingerprint density at radius 1 is 1.39 bits per heavy atom. The van der Waals surface area contributed by atoms with Crippen LogP contribution in [0.4, 0.5) is 17.3 Å². The van der Waals surface area contributed by atoms with Crippen molar-refractivity contribution in [3.8, 4) is 0 Å². The van der Waals surface area contributed by atoms with Gasteiger partial charge in [0.2, 0.25) is 0 Å². The van der Waals surface area contributed by atoms with E-state index in [0.717, 1.165) is 4.90 Å². The molecule has 2 fully saturated rings. The fourth-order valence-electron chi connectivity index (χ4n) is 4.28. The van der Waals surface area contributed by atoms with Crippen LogP contribution in [-0.4, -0.2) is 74.1 Å². The molecule has 0 amide bonds. The molecule has 2 aromatic rings. The topological polar surface area (TPSA) is 140 Å². The van der Waals surface area contributed by atoms with Crippen LogP contribution in [0.2, 0.25) is 5.02 Å². The van der Waals surface area contributed by atoms with Crippen molar-refractivity contribution < 1.29 is 32.6 Å². The maximum absolute atomic E-state index is 11.1. The molecular weight excluding hydrogens is 532 g/mol. The number of methoxy groups -OCH3 is 1. The minimum atomic E-state index is -3.12. The van der Waals surface area contributed by atoms with Crippen molar-refractivity contribution >= 4 is 62.0 Å². The van der Waals surface area contributed by atoms with Gasteiger partial charge in [-0.1, -0.05) is 0 Å². The fraction of sp³-hybridized carbons (Fsp3) is 0.450. The van der Waals surface area contributed by atoms with Crippen molar-refractivity contribution in [2.75, 3.05) is 36.5 Å². The van der Waals surface area contributed by atoms with Crippen LogP contribution in [0.3, 0.4) is 0 Å². The number of nitrogens with zero attached hydrogens (tertiary/aromatic N) is 3. The molecule has 3 aliphatic heterocycles. The molecule has 0 saturated carbocycles. The van der Waals surface area contributed by atoms with E-state index in [-0.39, 0.29) is 18.9 Å². The van der Waals surface area contributed by atoms with Crippen molar-refractivity contribution in [1.82, 2.24) is 9.97 Å². The van der Waals surface area contributed by atoms with Crippen LogP contribution >= 0.6 is 31.2 Å². The first-order valence-electron chi connectivity index (χ1n) is 11.1. The van der Waals surface area contributed by atoms with Gasteiger partial charge in [0.15, 0.2) is 0 Å². The molecular formula is C20H26BClN5O7PS. The monoisotopic (exact) mass is 557 g/mol. The number of nitrogens with two attached hydrogens (primary N) is 1. The zero-order chi connectivity index (χ0) is 25.4. The van der Waals surface area contributed by atoms with E-state index in [4.69, 9.17) is 45.1 Å². The zero-order valence-electron chi connectivity index (χ0n) is 19.8. The molecule has 5 atom stereocenters. The van der Waals surface area contributed by atoms with Gasteiger partial charge < -0.3 is 0 Å². The Hall–Kier alpha value is -1.90. The third-order valence-electron chi connectivity index (χ3n) is 5.96. The van der Waals surface area contributed by atoms with Gasteiger partial charge in [-0.15, -0.1) is 0 Å². The Morgan fingerprint density at radius 3 is 2.89 bits per heavy atom. The van der Waals surface area contributed by atoms with Crippen LogP contribution < -0.4 is 16.0 Å². The first-order valence-corrected chi connectivity index (χ1v) is 14.6. The van der Waals surface area contributed by atoms with E-state index < -0.39 is 38.3 Å². The van der Waals surface area contributed by atoms with Gasteiger partial charge in [-0.2, -0.15) is 0 Å². The van der Waals surface area contributed by atoms with E-state index in [1.54, 1.807) is 26.4 Å². The number of esters is 1. The molecule has 0 aliphatic carbocycles. The zero-order valence-corrected chi connectivity index (χ0v) is 22.3. The second kappa shape index (κ2) is 10.5. The third-order valence-corrected chi connectivity index (χ3v) is 9.36. The molecule has 3 N–H and O–H groups in total. The number of nitrogen functional groups attached to an aromatic ring is 1. The Morgan fingerprint density at radius 2 is 2.17 bits per heavy atom.